The summed E-state index contributed by atoms with van der Waals surface area (Å²) in [7, 11) is 1.46. The fourth-order valence-corrected chi connectivity index (χ4v) is 2.86. The molecule has 0 radical (unpaired) electrons. The van der Waals surface area contributed by atoms with Gasteiger partial charge in [0.25, 0.3) is 0 Å². The lowest BCUT2D eigenvalue weighted by atomic mass is 10.0. The van der Waals surface area contributed by atoms with E-state index in [-0.39, 0.29) is 18.4 Å². The number of carbonyl (C=O) groups is 2. The second-order valence-corrected chi connectivity index (χ2v) is 5.99. The average Bonchev–Trinajstić information content (AvgIpc) is 2.51. The summed E-state index contributed by atoms with van der Waals surface area (Å²) < 4.78 is 4.88. The number of hydrogen-bond donors (Lipinski definition) is 1. The number of ether oxygens (including phenoxy) is 1. The largest absolute Gasteiger partial charge is 0.375 e. The molecule has 120 valence electrons. The number of methoxy groups -OCH3 is 1. The van der Waals surface area contributed by atoms with Crippen LogP contribution < -0.4 is 5.32 Å². The van der Waals surface area contributed by atoms with Crippen molar-refractivity contribution in [3.05, 3.63) is 28.2 Å². The van der Waals surface area contributed by atoms with Crippen LogP contribution in [0.15, 0.2) is 18.2 Å². The Bertz CT molecular complexity index is 566. The molecule has 1 aromatic rings. The molecule has 0 aromatic heterocycles. The second kappa shape index (κ2) is 7.81. The third-order valence-electron chi connectivity index (χ3n) is 3.58. The number of hydrogen-bond acceptors (Lipinski definition) is 3. The molecule has 1 atom stereocenters. The molecule has 0 spiro atoms. The minimum Gasteiger partial charge on any atom is -0.375 e. The number of likely N-dealkylation sites (tertiary alicyclic amines) is 1. The van der Waals surface area contributed by atoms with Gasteiger partial charge in [-0.1, -0.05) is 23.2 Å². The first-order chi connectivity index (χ1) is 10.5. The van der Waals surface area contributed by atoms with E-state index in [4.69, 9.17) is 27.9 Å². The zero-order valence-corrected chi connectivity index (χ0v) is 13.8. The van der Waals surface area contributed by atoms with Crippen LogP contribution in [-0.2, 0) is 14.3 Å². The van der Waals surface area contributed by atoms with E-state index in [1.54, 1.807) is 23.1 Å². The van der Waals surface area contributed by atoms with Crippen LogP contribution in [0, 0.1) is 0 Å². The summed E-state index contributed by atoms with van der Waals surface area (Å²) in [4.78, 5) is 26.1. The maximum absolute atomic E-state index is 12.5. The highest BCUT2D eigenvalue weighted by Crippen LogP contribution is 2.27. The van der Waals surface area contributed by atoms with E-state index in [1.165, 1.54) is 7.11 Å². The first-order valence-corrected chi connectivity index (χ1v) is 7.83. The Balaban J connectivity index is 2.12. The quantitative estimate of drug-likeness (QED) is 0.913. The van der Waals surface area contributed by atoms with Crippen molar-refractivity contribution in [2.24, 2.45) is 0 Å². The van der Waals surface area contributed by atoms with Gasteiger partial charge in [0.2, 0.25) is 11.8 Å². The van der Waals surface area contributed by atoms with Gasteiger partial charge in [0.15, 0.2) is 0 Å². The predicted octanol–water partition coefficient (Wildman–Crippen LogP) is 2.96. The molecule has 5 nitrogen and oxygen atoms in total. The summed E-state index contributed by atoms with van der Waals surface area (Å²) >= 11 is 12.0. The van der Waals surface area contributed by atoms with Gasteiger partial charge in [-0.2, -0.15) is 0 Å². The van der Waals surface area contributed by atoms with Crippen LogP contribution in [0.25, 0.3) is 0 Å². The van der Waals surface area contributed by atoms with Gasteiger partial charge < -0.3 is 15.0 Å². The number of benzene rings is 1. The van der Waals surface area contributed by atoms with E-state index in [0.717, 1.165) is 12.8 Å². The molecule has 1 saturated heterocycles. The van der Waals surface area contributed by atoms with Crippen LogP contribution in [0.3, 0.4) is 0 Å². The Morgan fingerprint density at radius 1 is 1.36 bits per heavy atom. The number of carbonyl (C=O) groups excluding carboxylic acids is 2. The molecule has 0 aliphatic carbocycles. The Labute approximate surface area is 139 Å². The highest BCUT2D eigenvalue weighted by atomic mass is 35.5. The smallest absolute Gasteiger partial charge is 0.249 e. The van der Waals surface area contributed by atoms with Crippen molar-refractivity contribution < 1.29 is 14.3 Å². The van der Waals surface area contributed by atoms with Crippen LogP contribution in [0.5, 0.6) is 0 Å². The summed E-state index contributed by atoms with van der Waals surface area (Å²) in [6.45, 7) is 0.533. The molecule has 0 bridgehead atoms. The van der Waals surface area contributed by atoms with Gasteiger partial charge in [-0.3, -0.25) is 9.59 Å². The van der Waals surface area contributed by atoms with E-state index in [2.05, 4.69) is 5.32 Å². The fraction of sp³-hybridized carbons (Fsp3) is 0.467. The third kappa shape index (κ3) is 4.12. The van der Waals surface area contributed by atoms with Crippen molar-refractivity contribution in [2.75, 3.05) is 25.6 Å². The molecule has 2 rings (SSSR count). The maximum atomic E-state index is 12.5. The molecule has 1 aromatic carbocycles. The van der Waals surface area contributed by atoms with E-state index < -0.39 is 6.04 Å². The average molecular weight is 345 g/mol. The van der Waals surface area contributed by atoms with Gasteiger partial charge in [0, 0.05) is 18.7 Å². The zero-order chi connectivity index (χ0) is 16.1. The van der Waals surface area contributed by atoms with Gasteiger partial charge in [0.05, 0.1) is 10.7 Å². The van der Waals surface area contributed by atoms with E-state index in [9.17, 15) is 9.59 Å². The van der Waals surface area contributed by atoms with Gasteiger partial charge in [-0.05, 0) is 37.5 Å². The van der Waals surface area contributed by atoms with Crippen LogP contribution in [0.2, 0.25) is 10.0 Å². The maximum Gasteiger partial charge on any atom is 0.249 e. The molecule has 22 heavy (non-hydrogen) atoms. The van der Waals surface area contributed by atoms with Crippen molar-refractivity contribution >= 4 is 40.7 Å². The molecule has 0 saturated carbocycles. The molecule has 1 aliphatic rings. The summed E-state index contributed by atoms with van der Waals surface area (Å²) in [6.07, 6.45) is 2.41. The van der Waals surface area contributed by atoms with Crippen molar-refractivity contribution in [1.29, 1.82) is 0 Å². The zero-order valence-electron chi connectivity index (χ0n) is 12.3. The number of amides is 2. The normalized spacial score (nSPS) is 18.1. The minimum atomic E-state index is -0.508. The molecule has 1 heterocycles. The molecule has 2 amide bonds. The monoisotopic (exact) mass is 344 g/mol. The summed E-state index contributed by atoms with van der Waals surface area (Å²) in [6, 6.07) is 4.35. The van der Waals surface area contributed by atoms with E-state index >= 15 is 0 Å². The van der Waals surface area contributed by atoms with Crippen molar-refractivity contribution in [3.8, 4) is 0 Å². The van der Waals surface area contributed by atoms with Gasteiger partial charge in [-0.25, -0.2) is 0 Å². The predicted molar refractivity (Wildman–Crippen MR) is 86.3 cm³/mol. The van der Waals surface area contributed by atoms with Crippen LogP contribution in [0.4, 0.5) is 5.69 Å². The summed E-state index contributed by atoms with van der Waals surface area (Å²) in [5, 5.41) is 3.65. The molecule has 1 fully saturated rings. The highest BCUT2D eigenvalue weighted by Gasteiger charge is 2.32. The third-order valence-corrected chi connectivity index (χ3v) is 4.14. The Morgan fingerprint density at radius 2 is 2.14 bits per heavy atom. The number of nitrogens with one attached hydrogen (secondary N) is 1. The fourth-order valence-electron chi connectivity index (χ4n) is 2.52. The summed E-state index contributed by atoms with van der Waals surface area (Å²) in [5.41, 5.74) is 0.448. The van der Waals surface area contributed by atoms with Crippen molar-refractivity contribution in [3.63, 3.8) is 0 Å². The van der Waals surface area contributed by atoms with E-state index in [1.807, 2.05) is 0 Å². The lowest BCUT2D eigenvalue weighted by molar-refractivity contribution is -0.143. The lowest BCUT2D eigenvalue weighted by Crippen LogP contribution is -2.51. The van der Waals surface area contributed by atoms with Gasteiger partial charge in [0.1, 0.15) is 12.6 Å². The van der Waals surface area contributed by atoms with Crippen LogP contribution in [0.1, 0.15) is 19.3 Å². The highest BCUT2D eigenvalue weighted by molar-refractivity contribution is 6.35. The number of rotatable bonds is 4. The van der Waals surface area contributed by atoms with Gasteiger partial charge in [-0.15, -0.1) is 0 Å². The molecule has 1 N–H and O–H groups in total. The number of halogens is 2. The summed E-state index contributed by atoms with van der Waals surface area (Å²) in [5.74, 6) is -0.437. The molecule has 7 heteroatoms. The Hall–Kier alpha value is -1.30. The van der Waals surface area contributed by atoms with Crippen LogP contribution in [-0.4, -0.2) is 43.0 Å². The number of anilines is 1. The van der Waals surface area contributed by atoms with Crippen molar-refractivity contribution in [1.82, 2.24) is 4.90 Å². The molecular weight excluding hydrogens is 327 g/mol. The lowest BCUT2D eigenvalue weighted by Gasteiger charge is -2.34. The van der Waals surface area contributed by atoms with Gasteiger partial charge >= 0.3 is 0 Å². The topological polar surface area (TPSA) is 58.6 Å². The minimum absolute atomic E-state index is 0.0261. The first-order valence-electron chi connectivity index (χ1n) is 7.07. The Morgan fingerprint density at radius 3 is 2.86 bits per heavy atom. The first kappa shape index (κ1) is 17.1. The molecule has 1 unspecified atom stereocenters. The SMILES string of the molecule is COCC(=O)N1CCCCC1C(=O)Nc1cc(Cl)ccc1Cl. The number of piperidine rings is 1. The second-order valence-electron chi connectivity index (χ2n) is 5.15. The van der Waals surface area contributed by atoms with Crippen molar-refractivity contribution in [2.45, 2.75) is 25.3 Å². The molecule has 1 aliphatic heterocycles. The number of nitrogens with zero attached hydrogens (tertiary/aromatic N) is 1. The standard InChI is InChI=1S/C15H18Cl2N2O3/c1-22-9-14(20)19-7-3-2-4-13(19)15(21)18-12-8-10(16)5-6-11(12)17/h5-6,8,13H,2-4,7,9H2,1H3,(H,18,21). The molecular formula is C15H18Cl2N2O3. The Kier molecular flexibility index (Phi) is 6.06. The van der Waals surface area contributed by atoms with Crippen LogP contribution >= 0.6 is 23.2 Å². The van der Waals surface area contributed by atoms with E-state index in [0.29, 0.717) is 28.7 Å².